The first kappa shape index (κ1) is 13.3. The van der Waals surface area contributed by atoms with Gasteiger partial charge in [0.25, 0.3) is 6.43 Å². The second-order valence-electron chi connectivity index (χ2n) is 3.77. The lowest BCUT2D eigenvalue weighted by molar-refractivity contribution is 0.0912. The summed E-state index contributed by atoms with van der Waals surface area (Å²) >= 11 is 3.40. The molecule has 0 aliphatic carbocycles. The molecule has 1 unspecified atom stereocenters. The van der Waals surface area contributed by atoms with Crippen molar-refractivity contribution in [3.8, 4) is 0 Å². The summed E-state index contributed by atoms with van der Waals surface area (Å²) < 4.78 is 24.0. The number of hydrogen-bond acceptors (Lipinski definition) is 1. The minimum atomic E-state index is -2.23. The van der Waals surface area contributed by atoms with Crippen molar-refractivity contribution in [2.24, 2.45) is 11.8 Å². The maximum Gasteiger partial charge on any atom is 0.251 e. The molecule has 13 heavy (non-hydrogen) atoms. The monoisotopic (exact) mass is 257 g/mol. The first-order valence-electron chi connectivity index (χ1n) is 4.50. The van der Waals surface area contributed by atoms with Gasteiger partial charge in [0.1, 0.15) is 0 Å². The van der Waals surface area contributed by atoms with Crippen molar-refractivity contribution in [3.63, 3.8) is 0 Å². The van der Waals surface area contributed by atoms with Crippen LogP contribution in [0.25, 0.3) is 0 Å². The van der Waals surface area contributed by atoms with Gasteiger partial charge in [0.15, 0.2) is 0 Å². The zero-order valence-electron chi connectivity index (χ0n) is 8.43. The fraction of sp³-hybridized carbons (Fsp3) is 1.00. The Labute approximate surface area is 87.6 Å². The molecule has 1 nitrogen and oxygen atoms in total. The third kappa shape index (κ3) is 6.38. The lowest BCUT2D eigenvalue weighted by Crippen LogP contribution is -2.32. The van der Waals surface area contributed by atoms with E-state index in [4.69, 9.17) is 0 Å². The molecule has 0 rings (SSSR count). The SMILES string of the molecule is CC(C)C(CBr)CN(C)CC(F)F. The minimum absolute atomic E-state index is 0.129. The first-order valence-corrected chi connectivity index (χ1v) is 5.62. The molecule has 0 radical (unpaired) electrons. The fourth-order valence-electron chi connectivity index (χ4n) is 1.15. The number of nitrogens with zero attached hydrogens (tertiary/aromatic N) is 1. The van der Waals surface area contributed by atoms with Crippen LogP contribution in [0.4, 0.5) is 8.78 Å². The number of hydrogen-bond donors (Lipinski definition) is 0. The summed E-state index contributed by atoms with van der Waals surface area (Å²) in [5.41, 5.74) is 0. The Morgan fingerprint density at radius 3 is 2.08 bits per heavy atom. The maximum absolute atomic E-state index is 12.0. The second-order valence-corrected chi connectivity index (χ2v) is 4.42. The van der Waals surface area contributed by atoms with Crippen LogP contribution in [0.1, 0.15) is 13.8 Å². The van der Waals surface area contributed by atoms with Crippen LogP contribution >= 0.6 is 15.9 Å². The molecule has 0 aromatic rings. The highest BCUT2D eigenvalue weighted by atomic mass is 79.9. The normalized spacial score (nSPS) is 14.5. The highest BCUT2D eigenvalue weighted by Crippen LogP contribution is 2.15. The molecule has 0 saturated heterocycles. The molecule has 0 fully saturated rings. The standard InChI is InChI=1S/C9H18BrF2N/c1-7(2)8(4-10)5-13(3)6-9(11)12/h7-9H,4-6H2,1-3H3. The number of rotatable bonds is 6. The van der Waals surface area contributed by atoms with E-state index in [9.17, 15) is 8.78 Å². The lowest BCUT2D eigenvalue weighted by atomic mass is 9.98. The molecule has 80 valence electrons. The van der Waals surface area contributed by atoms with Gasteiger partial charge >= 0.3 is 0 Å². The Balaban J connectivity index is 3.79. The highest BCUT2D eigenvalue weighted by Gasteiger charge is 2.16. The molecule has 4 heteroatoms. The number of alkyl halides is 3. The third-order valence-electron chi connectivity index (χ3n) is 2.14. The second kappa shape index (κ2) is 6.71. The smallest absolute Gasteiger partial charge is 0.251 e. The Kier molecular flexibility index (Phi) is 6.86. The van der Waals surface area contributed by atoms with Crippen molar-refractivity contribution in [2.45, 2.75) is 20.3 Å². The van der Waals surface area contributed by atoms with Crippen LogP contribution in [0.2, 0.25) is 0 Å². The van der Waals surface area contributed by atoms with Crippen molar-refractivity contribution in [1.82, 2.24) is 4.90 Å². The molecule has 0 aliphatic rings. The summed E-state index contributed by atoms with van der Waals surface area (Å²) in [5.74, 6) is 0.975. The molecule has 1 atom stereocenters. The molecule has 0 aromatic carbocycles. The van der Waals surface area contributed by atoms with E-state index in [1.165, 1.54) is 0 Å². The quantitative estimate of drug-likeness (QED) is 0.662. The Bertz CT molecular complexity index is 131. The molecule has 0 aromatic heterocycles. The van der Waals surface area contributed by atoms with Crippen molar-refractivity contribution < 1.29 is 8.78 Å². The van der Waals surface area contributed by atoms with Gasteiger partial charge in [-0.3, -0.25) is 0 Å². The summed E-state index contributed by atoms with van der Waals surface area (Å²) in [4.78, 5) is 1.69. The van der Waals surface area contributed by atoms with Gasteiger partial charge in [-0.15, -0.1) is 0 Å². The molecule has 0 aliphatic heterocycles. The topological polar surface area (TPSA) is 3.24 Å². The van der Waals surface area contributed by atoms with Gasteiger partial charge in [0.2, 0.25) is 0 Å². The van der Waals surface area contributed by atoms with E-state index in [0.29, 0.717) is 11.8 Å². The molecular formula is C9H18BrF2N. The van der Waals surface area contributed by atoms with Gasteiger partial charge in [-0.2, -0.15) is 0 Å². The van der Waals surface area contributed by atoms with Crippen LogP contribution in [0.15, 0.2) is 0 Å². The van der Waals surface area contributed by atoms with Crippen LogP contribution < -0.4 is 0 Å². The van der Waals surface area contributed by atoms with E-state index in [0.717, 1.165) is 11.9 Å². The van der Waals surface area contributed by atoms with Gasteiger partial charge < -0.3 is 4.90 Å². The Morgan fingerprint density at radius 2 is 1.77 bits per heavy atom. The van der Waals surface area contributed by atoms with E-state index in [2.05, 4.69) is 29.8 Å². The van der Waals surface area contributed by atoms with Gasteiger partial charge in [-0.1, -0.05) is 29.8 Å². The van der Waals surface area contributed by atoms with Crippen molar-refractivity contribution in [1.29, 1.82) is 0 Å². The molecule has 0 saturated carbocycles. The van der Waals surface area contributed by atoms with E-state index >= 15 is 0 Å². The molecule has 0 heterocycles. The number of halogens is 3. The minimum Gasteiger partial charge on any atom is -0.301 e. The molecule has 0 bridgehead atoms. The zero-order chi connectivity index (χ0) is 10.4. The average Bonchev–Trinajstić information content (AvgIpc) is 1.98. The lowest BCUT2D eigenvalue weighted by Gasteiger charge is -2.24. The highest BCUT2D eigenvalue weighted by molar-refractivity contribution is 9.09. The van der Waals surface area contributed by atoms with Crippen molar-refractivity contribution in [2.75, 3.05) is 25.5 Å². The fourth-order valence-corrected chi connectivity index (χ4v) is 2.10. The van der Waals surface area contributed by atoms with Crippen LogP contribution in [-0.2, 0) is 0 Å². The van der Waals surface area contributed by atoms with Gasteiger partial charge in [-0.05, 0) is 18.9 Å². The van der Waals surface area contributed by atoms with Crippen LogP contribution in [0.3, 0.4) is 0 Å². The molecule has 0 spiro atoms. The predicted molar refractivity (Wildman–Crippen MR) is 55.6 cm³/mol. The summed E-state index contributed by atoms with van der Waals surface area (Å²) in [6, 6.07) is 0. The first-order chi connectivity index (χ1) is 5.97. The summed E-state index contributed by atoms with van der Waals surface area (Å²) in [5, 5.41) is 0.873. The Hall–Kier alpha value is 0.300. The van der Waals surface area contributed by atoms with Crippen molar-refractivity contribution in [3.05, 3.63) is 0 Å². The van der Waals surface area contributed by atoms with Gasteiger partial charge in [0.05, 0.1) is 6.54 Å². The molecular weight excluding hydrogens is 240 g/mol. The average molecular weight is 258 g/mol. The van der Waals surface area contributed by atoms with E-state index in [-0.39, 0.29) is 6.54 Å². The zero-order valence-corrected chi connectivity index (χ0v) is 10.0. The summed E-state index contributed by atoms with van der Waals surface area (Å²) in [7, 11) is 1.74. The van der Waals surface area contributed by atoms with E-state index < -0.39 is 6.43 Å². The van der Waals surface area contributed by atoms with Crippen LogP contribution in [0.5, 0.6) is 0 Å². The van der Waals surface area contributed by atoms with Crippen LogP contribution in [0, 0.1) is 11.8 Å². The molecule has 0 N–H and O–H groups in total. The Morgan fingerprint density at radius 1 is 1.23 bits per heavy atom. The molecule has 0 amide bonds. The third-order valence-corrected chi connectivity index (χ3v) is 2.97. The van der Waals surface area contributed by atoms with E-state index in [1.54, 1.807) is 11.9 Å². The maximum atomic E-state index is 12.0. The van der Waals surface area contributed by atoms with E-state index in [1.807, 2.05) is 0 Å². The summed E-state index contributed by atoms with van der Waals surface area (Å²) in [6.45, 7) is 4.83. The predicted octanol–water partition coefficient (Wildman–Crippen LogP) is 2.85. The van der Waals surface area contributed by atoms with Crippen LogP contribution in [-0.4, -0.2) is 36.8 Å². The van der Waals surface area contributed by atoms with Gasteiger partial charge in [0, 0.05) is 11.9 Å². The van der Waals surface area contributed by atoms with Crippen molar-refractivity contribution >= 4 is 15.9 Å². The van der Waals surface area contributed by atoms with Gasteiger partial charge in [-0.25, -0.2) is 8.78 Å². The largest absolute Gasteiger partial charge is 0.301 e. The summed E-state index contributed by atoms with van der Waals surface area (Å²) in [6.07, 6.45) is -2.23.